The minimum atomic E-state index is -0.420. The Morgan fingerprint density at radius 1 is 1.50 bits per heavy atom. The first-order valence-electron chi connectivity index (χ1n) is 6.50. The van der Waals surface area contributed by atoms with Crippen molar-refractivity contribution in [1.82, 2.24) is 5.32 Å². The van der Waals surface area contributed by atoms with Gasteiger partial charge in [-0.1, -0.05) is 18.2 Å². The largest absolute Gasteiger partial charge is 0.371 e. The molecule has 0 aromatic heterocycles. The van der Waals surface area contributed by atoms with E-state index in [1.807, 2.05) is 6.07 Å². The number of nitrogens with one attached hydrogen (secondary N) is 1. The van der Waals surface area contributed by atoms with Gasteiger partial charge in [-0.15, -0.1) is 0 Å². The molecule has 0 saturated carbocycles. The second-order valence-electron chi connectivity index (χ2n) is 4.97. The molecule has 3 N–H and O–H groups in total. The highest BCUT2D eigenvalue weighted by Crippen LogP contribution is 2.22. The molecule has 98 valence electrons. The van der Waals surface area contributed by atoms with Crippen molar-refractivity contribution in [2.24, 2.45) is 11.7 Å². The predicted molar refractivity (Wildman–Crippen MR) is 73.4 cm³/mol. The summed E-state index contributed by atoms with van der Waals surface area (Å²) >= 11 is 0. The number of anilines is 1. The molecule has 1 amide bonds. The van der Waals surface area contributed by atoms with Gasteiger partial charge in [0.05, 0.1) is 6.04 Å². The minimum absolute atomic E-state index is 0.0619. The van der Waals surface area contributed by atoms with Crippen LogP contribution in [0.5, 0.6) is 0 Å². The zero-order valence-electron chi connectivity index (χ0n) is 10.8. The van der Waals surface area contributed by atoms with Gasteiger partial charge in [0, 0.05) is 25.3 Å². The summed E-state index contributed by atoms with van der Waals surface area (Å²) in [6.07, 6.45) is 1.12. The van der Waals surface area contributed by atoms with Gasteiger partial charge in [-0.2, -0.15) is 0 Å². The van der Waals surface area contributed by atoms with Crippen LogP contribution in [0.2, 0.25) is 0 Å². The van der Waals surface area contributed by atoms with Crippen LogP contribution in [0.25, 0.3) is 0 Å². The van der Waals surface area contributed by atoms with Crippen LogP contribution >= 0.6 is 0 Å². The van der Waals surface area contributed by atoms with E-state index in [-0.39, 0.29) is 5.91 Å². The number of para-hydroxylation sites is 1. The molecule has 4 nitrogen and oxygen atoms in total. The Bertz CT molecular complexity index is 391. The molecule has 0 radical (unpaired) electrons. The van der Waals surface area contributed by atoms with Gasteiger partial charge >= 0.3 is 0 Å². The van der Waals surface area contributed by atoms with Crippen LogP contribution in [0.4, 0.5) is 5.69 Å². The van der Waals surface area contributed by atoms with Crippen LogP contribution in [0, 0.1) is 5.92 Å². The first kappa shape index (κ1) is 12.9. The van der Waals surface area contributed by atoms with Gasteiger partial charge in [-0.25, -0.2) is 0 Å². The van der Waals surface area contributed by atoms with Crippen LogP contribution in [-0.2, 0) is 4.79 Å². The first-order chi connectivity index (χ1) is 8.66. The number of nitrogens with two attached hydrogens (primary N) is 1. The molecule has 4 heteroatoms. The Morgan fingerprint density at radius 3 is 2.89 bits per heavy atom. The number of amides is 1. The van der Waals surface area contributed by atoms with Gasteiger partial charge in [0.1, 0.15) is 0 Å². The summed E-state index contributed by atoms with van der Waals surface area (Å²) in [5.41, 5.74) is 6.78. The summed E-state index contributed by atoms with van der Waals surface area (Å²) < 4.78 is 0. The maximum absolute atomic E-state index is 11.4. The van der Waals surface area contributed by atoms with Crippen molar-refractivity contribution < 1.29 is 4.79 Å². The standard InChI is InChI=1S/C14H21N3O/c1-11(15)14(18)16-9-12-7-8-17(10-12)13-5-3-2-4-6-13/h2-6,11-12H,7-10,15H2,1H3,(H,16,18). The highest BCUT2D eigenvalue weighted by atomic mass is 16.2. The Hall–Kier alpha value is -1.55. The molecule has 0 aliphatic carbocycles. The number of carbonyl (C=O) groups excluding carboxylic acids is 1. The average Bonchev–Trinajstić information content (AvgIpc) is 2.85. The summed E-state index contributed by atoms with van der Waals surface area (Å²) in [7, 11) is 0. The Balaban J connectivity index is 1.80. The maximum atomic E-state index is 11.4. The normalized spacial score (nSPS) is 20.8. The van der Waals surface area contributed by atoms with Crippen molar-refractivity contribution in [3.05, 3.63) is 30.3 Å². The smallest absolute Gasteiger partial charge is 0.236 e. The first-order valence-corrected chi connectivity index (χ1v) is 6.50. The quantitative estimate of drug-likeness (QED) is 0.833. The molecule has 18 heavy (non-hydrogen) atoms. The van der Waals surface area contributed by atoms with Crippen LogP contribution < -0.4 is 16.0 Å². The van der Waals surface area contributed by atoms with Gasteiger partial charge in [0.2, 0.25) is 5.91 Å². The summed E-state index contributed by atoms with van der Waals surface area (Å²) in [5.74, 6) is 0.459. The lowest BCUT2D eigenvalue weighted by Gasteiger charge is -2.19. The lowest BCUT2D eigenvalue weighted by molar-refractivity contribution is -0.122. The minimum Gasteiger partial charge on any atom is -0.371 e. The van der Waals surface area contributed by atoms with Gasteiger partial charge < -0.3 is 16.0 Å². The Labute approximate surface area is 108 Å². The van der Waals surface area contributed by atoms with E-state index in [2.05, 4.69) is 34.5 Å². The van der Waals surface area contributed by atoms with Crippen LogP contribution in [0.1, 0.15) is 13.3 Å². The summed E-state index contributed by atoms with van der Waals surface area (Å²) in [5, 5.41) is 2.91. The molecule has 1 aromatic rings. The number of hydrogen-bond acceptors (Lipinski definition) is 3. The summed E-state index contributed by atoms with van der Waals surface area (Å²) in [4.78, 5) is 13.8. The molecule has 1 aliphatic heterocycles. The van der Waals surface area contributed by atoms with Gasteiger partial charge in [-0.3, -0.25) is 4.79 Å². The van der Waals surface area contributed by atoms with Crippen molar-refractivity contribution in [2.45, 2.75) is 19.4 Å². The summed E-state index contributed by atoms with van der Waals surface area (Å²) in [6.45, 7) is 4.50. The lowest BCUT2D eigenvalue weighted by atomic mass is 10.1. The third kappa shape index (κ3) is 3.23. The SMILES string of the molecule is CC(N)C(=O)NCC1CCN(c2ccccc2)C1. The number of rotatable bonds is 4. The van der Waals surface area contributed by atoms with E-state index in [9.17, 15) is 4.79 Å². The lowest BCUT2D eigenvalue weighted by Crippen LogP contribution is -2.40. The fourth-order valence-electron chi connectivity index (χ4n) is 2.28. The second-order valence-corrected chi connectivity index (χ2v) is 4.97. The van der Waals surface area contributed by atoms with Crippen LogP contribution in [0.15, 0.2) is 30.3 Å². The third-order valence-corrected chi connectivity index (χ3v) is 3.39. The molecule has 1 saturated heterocycles. The van der Waals surface area contributed by atoms with E-state index in [0.717, 1.165) is 26.1 Å². The highest BCUT2D eigenvalue weighted by Gasteiger charge is 2.23. The van der Waals surface area contributed by atoms with Crippen molar-refractivity contribution in [3.8, 4) is 0 Å². The molecular weight excluding hydrogens is 226 g/mol. The molecule has 1 heterocycles. The number of carbonyl (C=O) groups is 1. The molecule has 1 fully saturated rings. The van der Waals surface area contributed by atoms with E-state index >= 15 is 0 Å². The fourth-order valence-corrected chi connectivity index (χ4v) is 2.28. The zero-order chi connectivity index (χ0) is 13.0. The highest BCUT2D eigenvalue weighted by molar-refractivity contribution is 5.80. The molecule has 2 unspecified atom stereocenters. The Morgan fingerprint density at radius 2 is 2.22 bits per heavy atom. The van der Waals surface area contributed by atoms with Crippen LogP contribution in [-0.4, -0.2) is 31.6 Å². The zero-order valence-corrected chi connectivity index (χ0v) is 10.8. The van der Waals surface area contributed by atoms with Crippen molar-refractivity contribution in [1.29, 1.82) is 0 Å². The molecule has 2 atom stereocenters. The monoisotopic (exact) mass is 247 g/mol. The van der Waals surface area contributed by atoms with Gasteiger partial charge in [-0.05, 0) is 31.4 Å². The van der Waals surface area contributed by atoms with E-state index in [4.69, 9.17) is 5.73 Å². The molecule has 0 spiro atoms. The van der Waals surface area contributed by atoms with E-state index in [1.165, 1.54) is 5.69 Å². The molecule has 1 aliphatic rings. The predicted octanol–water partition coefficient (Wildman–Crippen LogP) is 0.976. The van der Waals surface area contributed by atoms with E-state index in [0.29, 0.717) is 5.92 Å². The van der Waals surface area contributed by atoms with Gasteiger partial charge in [0.25, 0.3) is 0 Å². The van der Waals surface area contributed by atoms with Crippen LogP contribution in [0.3, 0.4) is 0 Å². The van der Waals surface area contributed by atoms with Crippen molar-refractivity contribution >= 4 is 11.6 Å². The number of benzene rings is 1. The van der Waals surface area contributed by atoms with Gasteiger partial charge in [0.15, 0.2) is 0 Å². The second kappa shape index (κ2) is 5.87. The Kier molecular flexibility index (Phi) is 4.20. The fraction of sp³-hybridized carbons (Fsp3) is 0.500. The molecular formula is C14H21N3O. The third-order valence-electron chi connectivity index (χ3n) is 3.39. The van der Waals surface area contributed by atoms with Crippen molar-refractivity contribution in [3.63, 3.8) is 0 Å². The average molecular weight is 247 g/mol. The molecule has 2 rings (SSSR count). The number of nitrogens with zero attached hydrogens (tertiary/aromatic N) is 1. The van der Waals surface area contributed by atoms with E-state index in [1.54, 1.807) is 6.92 Å². The molecule has 0 bridgehead atoms. The van der Waals surface area contributed by atoms with Crippen molar-refractivity contribution in [2.75, 3.05) is 24.5 Å². The molecule has 1 aromatic carbocycles. The number of hydrogen-bond donors (Lipinski definition) is 2. The maximum Gasteiger partial charge on any atom is 0.236 e. The van der Waals surface area contributed by atoms with E-state index < -0.39 is 6.04 Å². The summed E-state index contributed by atoms with van der Waals surface area (Å²) in [6, 6.07) is 9.98. The topological polar surface area (TPSA) is 58.4 Å².